The van der Waals surface area contributed by atoms with Crippen molar-refractivity contribution in [1.29, 1.82) is 0 Å². The Bertz CT molecular complexity index is 1390. The summed E-state index contributed by atoms with van der Waals surface area (Å²) in [7, 11) is 0. The minimum Gasteiger partial charge on any atom is -0.457 e. The van der Waals surface area contributed by atoms with Gasteiger partial charge in [-0.3, -0.25) is 14.4 Å². The monoisotopic (exact) mass is 583 g/mol. The molecule has 0 amide bonds. The van der Waals surface area contributed by atoms with Gasteiger partial charge in [-0.15, -0.1) is 11.3 Å². The zero-order valence-electron chi connectivity index (χ0n) is 23.0. The van der Waals surface area contributed by atoms with E-state index in [0.717, 1.165) is 32.8 Å². The molecule has 5 atom stereocenters. The fraction of sp³-hybridized carbons (Fsp3) is 0.367. The highest BCUT2D eigenvalue weighted by Crippen LogP contribution is 2.42. The summed E-state index contributed by atoms with van der Waals surface area (Å²) in [5.74, 6) is -1.75. The van der Waals surface area contributed by atoms with E-state index in [0.29, 0.717) is 6.42 Å². The van der Waals surface area contributed by atoms with Crippen molar-refractivity contribution >= 4 is 46.7 Å². The smallest absolute Gasteiger partial charge is 0.305 e. The number of hydrogen-bond donors (Lipinski definition) is 1. The lowest BCUT2D eigenvalue weighted by atomic mass is 9.92. The van der Waals surface area contributed by atoms with Crippen LogP contribution >= 0.6 is 23.1 Å². The average molecular weight is 584 g/mol. The number of carbonyl (C=O) groups is 3. The minimum absolute atomic E-state index is 0.438. The first-order valence-electron chi connectivity index (χ1n) is 12.8. The van der Waals surface area contributed by atoms with Crippen molar-refractivity contribution < 1.29 is 33.3 Å². The normalized spacial score (nSPS) is 22.4. The van der Waals surface area contributed by atoms with Crippen molar-refractivity contribution in [2.24, 2.45) is 0 Å². The number of hydrogen-bond acceptors (Lipinski definition) is 10. The largest absolute Gasteiger partial charge is 0.457 e. The van der Waals surface area contributed by atoms with Crippen molar-refractivity contribution in [3.8, 4) is 10.4 Å². The van der Waals surface area contributed by atoms with Crippen LogP contribution in [0.5, 0.6) is 0 Å². The summed E-state index contributed by atoms with van der Waals surface area (Å²) in [6.45, 7) is 5.83. The Morgan fingerprint density at radius 1 is 0.925 bits per heavy atom. The highest BCUT2D eigenvalue weighted by molar-refractivity contribution is 7.99. The van der Waals surface area contributed by atoms with E-state index in [-0.39, 0.29) is 0 Å². The maximum Gasteiger partial charge on any atom is 0.305 e. The third-order valence-corrected chi connectivity index (χ3v) is 8.75. The number of carbonyl (C=O) groups excluding carboxylic acids is 3. The second-order valence-electron chi connectivity index (χ2n) is 9.64. The molecule has 3 aromatic rings. The zero-order valence-corrected chi connectivity index (χ0v) is 24.7. The first-order valence-corrected chi connectivity index (χ1v) is 14.9. The number of anilines is 1. The van der Waals surface area contributed by atoms with Crippen LogP contribution in [0.2, 0.25) is 0 Å². The van der Waals surface area contributed by atoms with Crippen LogP contribution in [0.1, 0.15) is 48.4 Å². The molecule has 4 rings (SSSR count). The van der Waals surface area contributed by atoms with Crippen LogP contribution in [0, 0.1) is 6.92 Å². The number of esters is 3. The van der Waals surface area contributed by atoms with Gasteiger partial charge in [0, 0.05) is 42.6 Å². The fourth-order valence-corrected chi connectivity index (χ4v) is 6.78. The van der Waals surface area contributed by atoms with Gasteiger partial charge in [0.25, 0.3) is 0 Å². The van der Waals surface area contributed by atoms with Gasteiger partial charge >= 0.3 is 17.9 Å². The Balaban J connectivity index is 1.66. The third kappa shape index (κ3) is 7.04. The van der Waals surface area contributed by atoms with E-state index in [1.54, 1.807) is 11.3 Å². The average Bonchev–Trinajstić information content (AvgIpc) is 3.35. The molecule has 1 aliphatic heterocycles. The summed E-state index contributed by atoms with van der Waals surface area (Å²) < 4.78 is 22.8. The maximum atomic E-state index is 12.1. The van der Waals surface area contributed by atoms with E-state index in [1.807, 2.05) is 42.7 Å². The molecule has 0 aliphatic carbocycles. The number of thioether (sulfide) groups is 1. The van der Waals surface area contributed by atoms with Gasteiger partial charge < -0.3 is 24.7 Å². The summed E-state index contributed by atoms with van der Waals surface area (Å²) in [6, 6.07) is 18.1. The highest BCUT2D eigenvalue weighted by Gasteiger charge is 2.51. The Morgan fingerprint density at radius 3 is 2.27 bits per heavy atom. The van der Waals surface area contributed by atoms with Gasteiger partial charge in [0.1, 0.15) is 6.10 Å². The van der Waals surface area contributed by atoms with E-state index in [4.69, 9.17) is 24.7 Å². The SMILES string of the molecule is CS[C@H]1C(c2ccc(C)c(Cc3ccc(-c4cccc(N)c4)s3)c2)O[C@H](OC(C)=O)[C@@H](OC(C)=O)[C@@H]1OC(C)=O. The van der Waals surface area contributed by atoms with Gasteiger partial charge in [-0.25, -0.2) is 0 Å². The zero-order chi connectivity index (χ0) is 29.0. The number of rotatable bonds is 8. The molecule has 2 heterocycles. The van der Waals surface area contributed by atoms with Crippen molar-refractivity contribution in [1.82, 2.24) is 0 Å². The molecule has 2 aromatic carbocycles. The Hall–Kier alpha value is -3.34. The molecule has 0 spiro atoms. The van der Waals surface area contributed by atoms with Crippen LogP contribution in [0.15, 0.2) is 54.6 Å². The van der Waals surface area contributed by atoms with Crippen molar-refractivity contribution in [3.63, 3.8) is 0 Å². The number of ether oxygens (including phenoxy) is 4. The van der Waals surface area contributed by atoms with Crippen molar-refractivity contribution in [2.75, 3.05) is 12.0 Å². The quantitative estimate of drug-likeness (QED) is 0.210. The maximum absolute atomic E-state index is 12.1. The summed E-state index contributed by atoms with van der Waals surface area (Å²) in [4.78, 5) is 38.2. The molecule has 1 saturated heterocycles. The van der Waals surface area contributed by atoms with Crippen molar-refractivity contribution in [3.05, 3.63) is 76.2 Å². The molecule has 2 N–H and O–H groups in total. The molecule has 0 saturated carbocycles. The second kappa shape index (κ2) is 12.9. The Morgan fingerprint density at radius 2 is 1.62 bits per heavy atom. The first kappa shape index (κ1) is 29.6. The van der Waals surface area contributed by atoms with Crippen LogP contribution in [-0.4, -0.2) is 47.9 Å². The lowest BCUT2D eigenvalue weighted by Crippen LogP contribution is -2.57. The van der Waals surface area contributed by atoms with Gasteiger partial charge in [0.2, 0.25) is 12.4 Å². The molecule has 8 nitrogen and oxygen atoms in total. The van der Waals surface area contributed by atoms with Gasteiger partial charge in [-0.1, -0.05) is 30.3 Å². The molecule has 1 aromatic heterocycles. The van der Waals surface area contributed by atoms with Gasteiger partial charge in [-0.2, -0.15) is 11.8 Å². The molecule has 1 aliphatic rings. The van der Waals surface area contributed by atoms with Crippen LogP contribution in [0.4, 0.5) is 5.69 Å². The summed E-state index contributed by atoms with van der Waals surface area (Å²) in [5.41, 5.74) is 10.8. The number of benzene rings is 2. The molecular formula is C30H33NO7S2. The summed E-state index contributed by atoms with van der Waals surface area (Å²) >= 11 is 3.14. The molecule has 40 heavy (non-hydrogen) atoms. The fourth-order valence-electron chi connectivity index (χ4n) is 4.80. The van der Waals surface area contributed by atoms with E-state index in [2.05, 4.69) is 25.1 Å². The van der Waals surface area contributed by atoms with E-state index >= 15 is 0 Å². The molecule has 0 bridgehead atoms. The predicted octanol–water partition coefficient (Wildman–Crippen LogP) is 5.45. The minimum atomic E-state index is -1.25. The topological polar surface area (TPSA) is 114 Å². The molecule has 0 radical (unpaired) electrons. The lowest BCUT2D eigenvalue weighted by Gasteiger charge is -2.44. The first-order chi connectivity index (χ1) is 19.0. The molecule has 1 unspecified atom stereocenters. The van der Waals surface area contributed by atoms with Crippen molar-refractivity contribution in [2.45, 2.75) is 64.0 Å². The van der Waals surface area contributed by atoms with E-state index < -0.39 is 47.8 Å². The number of nitrogens with two attached hydrogens (primary N) is 1. The van der Waals surface area contributed by atoms with Gasteiger partial charge in [-0.05, 0) is 59.7 Å². The predicted molar refractivity (Wildman–Crippen MR) is 156 cm³/mol. The van der Waals surface area contributed by atoms with Crippen LogP contribution < -0.4 is 5.73 Å². The molecule has 1 fully saturated rings. The number of nitrogen functional groups attached to an aromatic ring is 1. The third-order valence-electron chi connectivity index (χ3n) is 6.55. The van der Waals surface area contributed by atoms with Crippen LogP contribution in [-0.2, 0) is 39.8 Å². The summed E-state index contributed by atoms with van der Waals surface area (Å²) in [6.07, 6.45) is -1.29. The van der Waals surface area contributed by atoms with Gasteiger partial charge in [0.15, 0.2) is 6.10 Å². The molecular weight excluding hydrogens is 550 g/mol. The Kier molecular flexibility index (Phi) is 9.55. The van der Waals surface area contributed by atoms with E-state index in [9.17, 15) is 14.4 Å². The number of aryl methyl sites for hydroxylation is 1. The molecule has 212 valence electrons. The Labute approximate surface area is 242 Å². The lowest BCUT2D eigenvalue weighted by molar-refractivity contribution is -0.266. The standard InChI is InChI=1S/C30H33NO7S2/c1-16-9-10-21(13-22(16)15-24-11-12-25(40-24)20-7-6-8-23(31)14-20)26-29(39-5)27(35-17(2)32)28(36-18(3)33)30(38-26)37-19(4)34/h6-14,26-30H,15,31H2,1-5H3/t26?,27-,28-,29-,30-/m0/s1. The van der Waals surface area contributed by atoms with Crippen LogP contribution in [0.25, 0.3) is 10.4 Å². The van der Waals surface area contributed by atoms with Crippen LogP contribution in [0.3, 0.4) is 0 Å². The highest BCUT2D eigenvalue weighted by atomic mass is 32.2. The van der Waals surface area contributed by atoms with E-state index in [1.165, 1.54) is 37.4 Å². The summed E-state index contributed by atoms with van der Waals surface area (Å²) in [5, 5.41) is -0.438. The second-order valence-corrected chi connectivity index (χ2v) is 11.8. The number of thiophene rings is 1. The molecule has 10 heteroatoms. The van der Waals surface area contributed by atoms with Gasteiger partial charge in [0.05, 0.1) is 5.25 Å².